The number of amides is 2. The number of ether oxygens (including phenoxy) is 1. The van der Waals surface area contributed by atoms with Crippen LogP contribution in [0.15, 0.2) is 27.3 Å². The molecule has 30 heavy (non-hydrogen) atoms. The fraction of sp³-hybridized carbons (Fsp3) is 0.375. The summed E-state index contributed by atoms with van der Waals surface area (Å²) in [7, 11) is 1.43. The van der Waals surface area contributed by atoms with E-state index in [0.717, 1.165) is 4.90 Å². The van der Waals surface area contributed by atoms with Gasteiger partial charge < -0.3 is 25.1 Å². The van der Waals surface area contributed by atoms with Crippen molar-refractivity contribution in [3.05, 3.63) is 27.9 Å². The van der Waals surface area contributed by atoms with Crippen molar-refractivity contribution in [1.82, 2.24) is 15.2 Å². The predicted molar refractivity (Wildman–Crippen MR) is 104 cm³/mol. The highest BCUT2D eigenvalue weighted by Gasteiger charge is 2.54. The number of carboxylic acids is 2. The van der Waals surface area contributed by atoms with Gasteiger partial charge in [-0.3, -0.25) is 14.5 Å². The lowest BCUT2D eigenvalue weighted by molar-refractivity contribution is -0.150. The molecule has 1 unspecified atom stereocenters. The van der Waals surface area contributed by atoms with E-state index >= 15 is 0 Å². The van der Waals surface area contributed by atoms with Gasteiger partial charge in [0.1, 0.15) is 22.8 Å². The third-order valence-corrected chi connectivity index (χ3v) is 6.01. The van der Waals surface area contributed by atoms with E-state index < -0.39 is 41.8 Å². The number of β-lactam (4-membered cyclic amide) rings is 1. The van der Waals surface area contributed by atoms with Crippen LogP contribution in [-0.4, -0.2) is 87.1 Å². The quantitative estimate of drug-likeness (QED) is 0.246. The van der Waals surface area contributed by atoms with Gasteiger partial charge in [0.15, 0.2) is 5.71 Å². The first-order valence-corrected chi connectivity index (χ1v) is 10.3. The van der Waals surface area contributed by atoms with E-state index in [1.807, 2.05) is 0 Å². The molecule has 2 amide bonds. The van der Waals surface area contributed by atoms with Gasteiger partial charge in [-0.1, -0.05) is 5.16 Å². The summed E-state index contributed by atoms with van der Waals surface area (Å²) in [4.78, 5) is 57.3. The molecule has 12 nitrogen and oxygen atoms in total. The second-order valence-corrected chi connectivity index (χ2v) is 7.86. The number of aromatic nitrogens is 1. The monoisotopic (exact) mass is 456 g/mol. The minimum Gasteiger partial charge on any atom is -0.479 e. The summed E-state index contributed by atoms with van der Waals surface area (Å²) in [6.07, 6.45) is 0. The van der Waals surface area contributed by atoms with Gasteiger partial charge in [-0.25, -0.2) is 14.6 Å². The molecular formula is C16H16N4O8S2. The number of hydrogen-bond acceptors (Lipinski definition) is 10. The van der Waals surface area contributed by atoms with Crippen LogP contribution in [0.4, 0.5) is 0 Å². The Balaban J connectivity index is 1.76. The number of carbonyl (C=O) groups excluding carboxylic acids is 2. The van der Waals surface area contributed by atoms with Gasteiger partial charge in [0.05, 0.1) is 12.1 Å². The Labute approximate surface area is 177 Å². The Morgan fingerprint density at radius 1 is 1.40 bits per heavy atom. The Morgan fingerprint density at radius 2 is 2.17 bits per heavy atom. The van der Waals surface area contributed by atoms with Crippen molar-refractivity contribution in [1.29, 1.82) is 0 Å². The number of thiazole rings is 1. The fourth-order valence-corrected chi connectivity index (χ4v) is 4.73. The van der Waals surface area contributed by atoms with Crippen molar-refractivity contribution in [3.63, 3.8) is 0 Å². The lowest BCUT2D eigenvalue weighted by Gasteiger charge is -2.49. The minimum absolute atomic E-state index is 0.0731. The lowest BCUT2D eigenvalue weighted by atomic mass is 10.0. The standard InChI is InChI=1S/C16H16N4O8S2/c1-27-2-7-4-30-15-11(14(24)20(15)12(7)16(25)26)18-13(23)10(8-5-29-6-17-8)19-28-3-9(21)22/h5-6,11,15H,2-4H2,1H3,(H,18,23)(H,21,22)(H,25,26)/t11?,15-/m0/s1. The first-order valence-electron chi connectivity index (χ1n) is 8.35. The molecule has 1 saturated heterocycles. The molecule has 1 aromatic heterocycles. The van der Waals surface area contributed by atoms with E-state index in [4.69, 9.17) is 9.84 Å². The molecule has 14 heteroatoms. The number of nitrogens with one attached hydrogen (secondary N) is 1. The van der Waals surface area contributed by atoms with Gasteiger partial charge in [-0.05, 0) is 5.57 Å². The molecule has 0 aromatic carbocycles. The van der Waals surface area contributed by atoms with Crippen LogP contribution < -0.4 is 5.32 Å². The molecule has 3 rings (SSSR count). The molecule has 2 aliphatic heterocycles. The van der Waals surface area contributed by atoms with Crippen molar-refractivity contribution in [2.75, 3.05) is 26.1 Å². The maximum Gasteiger partial charge on any atom is 0.352 e. The normalized spacial score (nSPS) is 21.0. The zero-order valence-electron chi connectivity index (χ0n) is 15.4. The van der Waals surface area contributed by atoms with E-state index in [9.17, 15) is 24.3 Å². The Kier molecular flexibility index (Phi) is 6.69. The SMILES string of the molecule is COCC1=C(C(=O)O)N2C(=O)C(NC(=O)C(=NOCC(=O)O)c3cscn3)[C@@H]2SC1. The van der Waals surface area contributed by atoms with Crippen LogP contribution >= 0.6 is 23.1 Å². The van der Waals surface area contributed by atoms with Crippen molar-refractivity contribution >= 4 is 52.6 Å². The fourth-order valence-electron chi connectivity index (χ4n) is 2.86. The van der Waals surface area contributed by atoms with Crippen LogP contribution in [0.5, 0.6) is 0 Å². The smallest absolute Gasteiger partial charge is 0.352 e. The van der Waals surface area contributed by atoms with E-state index in [-0.39, 0.29) is 23.7 Å². The molecule has 0 spiro atoms. The highest BCUT2D eigenvalue weighted by molar-refractivity contribution is 8.00. The summed E-state index contributed by atoms with van der Waals surface area (Å²) in [5.74, 6) is -3.59. The number of methoxy groups -OCH3 is 1. The van der Waals surface area contributed by atoms with Crippen molar-refractivity contribution in [2.24, 2.45) is 5.16 Å². The molecule has 0 aliphatic carbocycles. The van der Waals surface area contributed by atoms with Crippen LogP contribution in [0, 0.1) is 0 Å². The number of nitrogens with zero attached hydrogens (tertiary/aromatic N) is 3. The first-order chi connectivity index (χ1) is 14.3. The van der Waals surface area contributed by atoms with Crippen molar-refractivity contribution < 1.29 is 39.0 Å². The minimum atomic E-state index is -1.28. The average molecular weight is 456 g/mol. The molecule has 2 atom stereocenters. The summed E-state index contributed by atoms with van der Waals surface area (Å²) >= 11 is 2.48. The van der Waals surface area contributed by atoms with Crippen LogP contribution in [0.1, 0.15) is 5.69 Å². The summed E-state index contributed by atoms with van der Waals surface area (Å²) in [5.41, 5.74) is 1.63. The average Bonchev–Trinajstić information content (AvgIpc) is 3.23. The second kappa shape index (κ2) is 9.23. The Bertz CT molecular complexity index is 930. The van der Waals surface area contributed by atoms with Gasteiger partial charge in [-0.2, -0.15) is 0 Å². The molecule has 3 heterocycles. The number of rotatable bonds is 9. The number of fused-ring (bicyclic) bond motifs is 1. The first kappa shape index (κ1) is 21.7. The molecule has 1 aromatic rings. The largest absolute Gasteiger partial charge is 0.479 e. The van der Waals surface area contributed by atoms with Crippen LogP contribution in [0.2, 0.25) is 0 Å². The third-order valence-electron chi connectivity index (χ3n) is 4.09. The zero-order chi connectivity index (χ0) is 21.8. The van der Waals surface area contributed by atoms with Gasteiger partial charge in [0.2, 0.25) is 6.61 Å². The van der Waals surface area contributed by atoms with Gasteiger partial charge >= 0.3 is 11.9 Å². The molecule has 0 radical (unpaired) electrons. The van der Waals surface area contributed by atoms with Crippen LogP contribution in [0.25, 0.3) is 0 Å². The highest BCUT2D eigenvalue weighted by Crippen LogP contribution is 2.40. The molecule has 1 fully saturated rings. The summed E-state index contributed by atoms with van der Waals surface area (Å²) in [5, 5.41) is 25.1. The molecule has 160 valence electrons. The summed E-state index contributed by atoms with van der Waals surface area (Å²) in [6, 6.07) is -0.982. The van der Waals surface area contributed by atoms with Gasteiger partial charge in [0.25, 0.3) is 11.8 Å². The molecule has 2 aliphatic rings. The lowest BCUT2D eigenvalue weighted by Crippen LogP contribution is -2.71. The number of carbonyl (C=O) groups is 4. The number of hydrogen-bond donors (Lipinski definition) is 3. The van der Waals surface area contributed by atoms with Crippen molar-refractivity contribution in [2.45, 2.75) is 11.4 Å². The summed E-state index contributed by atoms with van der Waals surface area (Å²) in [6.45, 7) is -0.686. The van der Waals surface area contributed by atoms with Crippen LogP contribution in [0.3, 0.4) is 0 Å². The molecule has 0 saturated carbocycles. The maximum atomic E-state index is 12.7. The summed E-state index contributed by atoms with van der Waals surface area (Å²) < 4.78 is 5.00. The van der Waals surface area contributed by atoms with Crippen LogP contribution in [-0.2, 0) is 28.8 Å². The third kappa shape index (κ3) is 4.29. The Morgan fingerprint density at radius 3 is 2.77 bits per heavy atom. The molecule has 0 bridgehead atoms. The van der Waals surface area contributed by atoms with Gasteiger partial charge in [0, 0.05) is 18.2 Å². The molecular weight excluding hydrogens is 440 g/mol. The predicted octanol–water partition coefficient (Wildman–Crippen LogP) is -0.667. The zero-order valence-corrected chi connectivity index (χ0v) is 17.1. The van der Waals surface area contributed by atoms with E-state index in [2.05, 4.69) is 20.3 Å². The van der Waals surface area contributed by atoms with Gasteiger partial charge in [-0.15, -0.1) is 23.1 Å². The number of thioether (sulfide) groups is 1. The van der Waals surface area contributed by atoms with Crippen molar-refractivity contribution in [3.8, 4) is 0 Å². The number of aliphatic carboxylic acids is 2. The Hall–Kier alpha value is -2.97. The van der Waals surface area contributed by atoms with E-state index in [1.165, 1.54) is 41.1 Å². The number of oxime groups is 1. The van der Waals surface area contributed by atoms with E-state index in [0.29, 0.717) is 11.3 Å². The topological polar surface area (TPSA) is 168 Å². The second-order valence-electron chi connectivity index (χ2n) is 6.03. The van der Waals surface area contributed by atoms with E-state index in [1.54, 1.807) is 0 Å². The number of carboxylic acid groups (broad SMARTS) is 2. The highest BCUT2D eigenvalue weighted by atomic mass is 32.2. The molecule has 3 N–H and O–H groups in total. The maximum absolute atomic E-state index is 12.7.